The molecule has 0 N–H and O–H groups in total. The third-order valence-corrected chi connectivity index (χ3v) is 6.40. The fourth-order valence-electron chi connectivity index (χ4n) is 2.40. The second-order valence-corrected chi connectivity index (χ2v) is 8.95. The van der Waals surface area contributed by atoms with Crippen LogP contribution in [0.3, 0.4) is 0 Å². The Labute approximate surface area is 144 Å². The van der Waals surface area contributed by atoms with Crippen molar-refractivity contribution in [3.8, 4) is 0 Å². The number of thioether (sulfide) groups is 1. The molecule has 2 aliphatic heterocycles. The van der Waals surface area contributed by atoms with Gasteiger partial charge in [-0.05, 0) is 30.5 Å². The molecule has 2 heterocycles. The first-order chi connectivity index (χ1) is 10.7. The van der Waals surface area contributed by atoms with E-state index in [1.54, 1.807) is 13.0 Å². The first-order valence-electron chi connectivity index (χ1n) is 7.05. The third-order valence-electron chi connectivity index (χ3n) is 3.47. The number of hydrogen-bond acceptors (Lipinski definition) is 4. The molecule has 0 fully saturated rings. The molecule has 5 nitrogen and oxygen atoms in total. The van der Waals surface area contributed by atoms with E-state index in [0.29, 0.717) is 26.9 Å². The molecule has 0 unspecified atom stereocenters. The molecule has 0 spiro atoms. The number of fused-ring (bicyclic) bond motifs is 2. The summed E-state index contributed by atoms with van der Waals surface area (Å²) in [5.41, 5.74) is 0.672. The van der Waals surface area contributed by atoms with Crippen molar-refractivity contribution in [2.24, 2.45) is 10.3 Å². The molecule has 1 aromatic carbocycles. The van der Waals surface area contributed by atoms with Gasteiger partial charge in [0.1, 0.15) is 4.90 Å². The van der Waals surface area contributed by atoms with Crippen molar-refractivity contribution >= 4 is 45.1 Å². The molecule has 3 rings (SSSR count). The minimum atomic E-state index is -3.89. The molecule has 0 atom stereocenters. The summed E-state index contributed by atoms with van der Waals surface area (Å²) in [7, 11) is -3.89. The number of amides is 1. The van der Waals surface area contributed by atoms with Crippen LogP contribution in [-0.2, 0) is 14.8 Å². The molecule has 0 aromatic heterocycles. The first kappa shape index (κ1) is 16.5. The highest BCUT2D eigenvalue weighted by molar-refractivity contribution is 8.05. The van der Waals surface area contributed by atoms with Crippen LogP contribution in [0.15, 0.2) is 37.3 Å². The number of amidine groups is 1. The largest absolute Gasteiger partial charge is 0.291 e. The van der Waals surface area contributed by atoms with Crippen molar-refractivity contribution in [2.75, 3.05) is 6.54 Å². The molecule has 122 valence electrons. The summed E-state index contributed by atoms with van der Waals surface area (Å²) in [6.07, 6.45) is 1.43. The zero-order chi connectivity index (χ0) is 16.9. The van der Waals surface area contributed by atoms with E-state index in [1.807, 2.05) is 13.8 Å². The summed E-state index contributed by atoms with van der Waals surface area (Å²) in [6, 6.07) is 3.14. The molecule has 1 amide bonds. The second-order valence-electron chi connectivity index (χ2n) is 5.89. The second kappa shape index (κ2) is 5.65. The van der Waals surface area contributed by atoms with Crippen LogP contribution in [0.2, 0.25) is 5.02 Å². The summed E-state index contributed by atoms with van der Waals surface area (Å²) in [5, 5.41) is 0.485. The van der Waals surface area contributed by atoms with Gasteiger partial charge in [-0.25, -0.2) is 0 Å². The monoisotopic (exact) mass is 370 g/mol. The number of hydrogen-bond donors (Lipinski definition) is 0. The number of benzene rings is 1. The summed E-state index contributed by atoms with van der Waals surface area (Å²) >= 11 is 7.33. The number of aryl methyl sites for hydroxylation is 1. The zero-order valence-corrected chi connectivity index (χ0v) is 15.2. The number of halogens is 1. The van der Waals surface area contributed by atoms with Gasteiger partial charge >= 0.3 is 0 Å². The standard InChI is InChI=1S/C15H15ClN2O3S2/c1-8(2)7-18-14(19)6-12-15(18)17-23(20,21)13-4-9(3)10(16)5-11(13)22-12/h4-6,8H,7H2,1-3H3. The average molecular weight is 371 g/mol. The molecule has 2 aliphatic rings. The first-order valence-corrected chi connectivity index (χ1v) is 9.69. The quantitative estimate of drug-likeness (QED) is 0.801. The van der Waals surface area contributed by atoms with Gasteiger partial charge in [0.15, 0.2) is 5.84 Å². The maximum absolute atomic E-state index is 12.6. The smallest absolute Gasteiger partial charge is 0.285 e. The number of nitrogens with zero attached hydrogens (tertiary/aromatic N) is 2. The highest BCUT2D eigenvalue weighted by Crippen LogP contribution is 2.42. The van der Waals surface area contributed by atoms with E-state index in [0.717, 1.165) is 0 Å². The predicted molar refractivity (Wildman–Crippen MR) is 91.3 cm³/mol. The van der Waals surface area contributed by atoms with E-state index in [1.165, 1.54) is 28.8 Å². The minimum absolute atomic E-state index is 0.129. The van der Waals surface area contributed by atoms with Gasteiger partial charge in [-0.1, -0.05) is 37.2 Å². The Hall–Kier alpha value is -1.31. The Balaban J connectivity index is 2.17. The SMILES string of the molecule is Cc1cc2c(cc1Cl)SC1=CC(=O)N(CC(C)C)C1=NS2(=O)=O. The molecule has 0 saturated heterocycles. The van der Waals surface area contributed by atoms with Crippen molar-refractivity contribution in [3.05, 3.63) is 33.7 Å². The summed E-state index contributed by atoms with van der Waals surface area (Å²) < 4.78 is 29.2. The van der Waals surface area contributed by atoms with Crippen LogP contribution < -0.4 is 0 Å². The Bertz CT molecular complexity index is 873. The van der Waals surface area contributed by atoms with Gasteiger partial charge < -0.3 is 0 Å². The molecule has 0 aliphatic carbocycles. The van der Waals surface area contributed by atoms with Gasteiger partial charge in [0.05, 0.1) is 4.91 Å². The molecule has 0 radical (unpaired) electrons. The summed E-state index contributed by atoms with van der Waals surface area (Å²) in [6.45, 7) is 6.09. The van der Waals surface area contributed by atoms with Crippen LogP contribution in [0, 0.1) is 12.8 Å². The van der Waals surface area contributed by atoms with Gasteiger partial charge in [-0.3, -0.25) is 9.69 Å². The Kier molecular flexibility index (Phi) is 4.06. The Morgan fingerprint density at radius 3 is 2.70 bits per heavy atom. The third kappa shape index (κ3) is 2.93. The molecule has 0 bridgehead atoms. The van der Waals surface area contributed by atoms with Crippen LogP contribution in [0.4, 0.5) is 0 Å². The van der Waals surface area contributed by atoms with E-state index >= 15 is 0 Å². The lowest BCUT2D eigenvalue weighted by atomic mass is 10.2. The van der Waals surface area contributed by atoms with E-state index in [9.17, 15) is 13.2 Å². The van der Waals surface area contributed by atoms with Gasteiger partial charge in [-0.2, -0.15) is 8.42 Å². The lowest BCUT2D eigenvalue weighted by Gasteiger charge is -2.19. The highest BCUT2D eigenvalue weighted by atomic mass is 35.5. The number of rotatable bonds is 2. The molecule has 8 heteroatoms. The Morgan fingerprint density at radius 2 is 2.04 bits per heavy atom. The minimum Gasteiger partial charge on any atom is -0.291 e. The van der Waals surface area contributed by atoms with Crippen molar-refractivity contribution < 1.29 is 13.2 Å². The lowest BCUT2D eigenvalue weighted by molar-refractivity contribution is -0.122. The van der Waals surface area contributed by atoms with Crippen LogP contribution >= 0.6 is 23.4 Å². The van der Waals surface area contributed by atoms with Crippen LogP contribution in [0.5, 0.6) is 0 Å². The Morgan fingerprint density at radius 1 is 1.35 bits per heavy atom. The van der Waals surface area contributed by atoms with Gasteiger partial charge in [0.25, 0.3) is 15.9 Å². The highest BCUT2D eigenvalue weighted by Gasteiger charge is 2.36. The van der Waals surface area contributed by atoms with Crippen LogP contribution in [0.1, 0.15) is 19.4 Å². The fourth-order valence-corrected chi connectivity index (χ4v) is 5.27. The van der Waals surface area contributed by atoms with Gasteiger partial charge in [-0.15, -0.1) is 4.40 Å². The van der Waals surface area contributed by atoms with E-state index < -0.39 is 10.0 Å². The summed E-state index contributed by atoms with van der Waals surface area (Å²) in [5.74, 6) is 0.167. The summed E-state index contributed by atoms with van der Waals surface area (Å²) in [4.78, 5) is 14.7. The van der Waals surface area contributed by atoms with Crippen LogP contribution in [-0.4, -0.2) is 31.6 Å². The topological polar surface area (TPSA) is 66.8 Å². The van der Waals surface area contributed by atoms with Gasteiger partial charge in [0, 0.05) is 22.5 Å². The molecule has 1 aromatic rings. The number of sulfonamides is 1. The van der Waals surface area contributed by atoms with Crippen molar-refractivity contribution in [1.29, 1.82) is 0 Å². The average Bonchev–Trinajstić information content (AvgIpc) is 2.64. The van der Waals surface area contributed by atoms with Crippen molar-refractivity contribution in [1.82, 2.24) is 4.90 Å². The molecular weight excluding hydrogens is 356 g/mol. The van der Waals surface area contributed by atoms with Gasteiger partial charge in [0.2, 0.25) is 0 Å². The normalized spacial score (nSPS) is 19.2. The fraction of sp³-hybridized carbons (Fsp3) is 0.333. The van der Waals surface area contributed by atoms with E-state index in [4.69, 9.17) is 11.6 Å². The maximum atomic E-state index is 12.6. The maximum Gasteiger partial charge on any atom is 0.285 e. The van der Waals surface area contributed by atoms with Crippen molar-refractivity contribution in [2.45, 2.75) is 30.6 Å². The van der Waals surface area contributed by atoms with Crippen LogP contribution in [0.25, 0.3) is 0 Å². The number of carbonyl (C=O) groups is 1. The van der Waals surface area contributed by atoms with E-state index in [-0.39, 0.29) is 22.6 Å². The molecular formula is C15H15ClN2O3S2. The molecule has 23 heavy (non-hydrogen) atoms. The number of carbonyl (C=O) groups excluding carboxylic acids is 1. The van der Waals surface area contributed by atoms with Crippen molar-refractivity contribution in [3.63, 3.8) is 0 Å². The van der Waals surface area contributed by atoms with E-state index in [2.05, 4.69) is 4.40 Å². The zero-order valence-electron chi connectivity index (χ0n) is 12.8. The lowest BCUT2D eigenvalue weighted by Crippen LogP contribution is -2.34. The predicted octanol–water partition coefficient (Wildman–Crippen LogP) is 3.22. The molecule has 0 saturated carbocycles.